The topological polar surface area (TPSA) is 18.5 Å². The maximum Gasteiger partial charge on any atom is 0.0340 e. The largest absolute Gasteiger partial charge is 0.384 e. The minimum atomic E-state index is 0.234. The first-order valence-corrected chi connectivity index (χ1v) is 7.70. The zero-order valence-electron chi connectivity index (χ0n) is 13.4. The lowest BCUT2D eigenvalue weighted by atomic mass is 9.87. The Morgan fingerprint density at radius 3 is 2.15 bits per heavy atom. The van der Waals surface area contributed by atoms with Crippen LogP contribution in [-0.2, 0) is 5.41 Å². The molecule has 2 rings (SSSR count). The maximum absolute atomic E-state index is 3.53. The molecule has 0 saturated carbocycles. The lowest BCUT2D eigenvalue weighted by Gasteiger charge is -2.32. The van der Waals surface area contributed by atoms with E-state index in [0.717, 1.165) is 13.1 Å². The molecule has 0 amide bonds. The molecule has 3 nitrogen and oxygen atoms in total. The van der Waals surface area contributed by atoms with Gasteiger partial charge in [0.15, 0.2) is 0 Å². The van der Waals surface area contributed by atoms with Crippen molar-refractivity contribution in [1.29, 1.82) is 0 Å². The van der Waals surface area contributed by atoms with E-state index >= 15 is 0 Å². The van der Waals surface area contributed by atoms with Crippen LogP contribution in [0.1, 0.15) is 26.3 Å². The molecule has 20 heavy (non-hydrogen) atoms. The SMILES string of the molecule is CN1CCN(CCNc2ccc(C(C)(C)C)cc2)CC1. The predicted octanol–water partition coefficient (Wildman–Crippen LogP) is 2.64. The highest BCUT2D eigenvalue weighted by atomic mass is 15.2. The molecule has 1 aromatic rings. The van der Waals surface area contributed by atoms with Crippen LogP contribution in [0.2, 0.25) is 0 Å². The molecule has 0 bridgehead atoms. The average Bonchev–Trinajstić information content (AvgIpc) is 2.41. The number of nitrogens with zero attached hydrogens (tertiary/aromatic N) is 2. The number of piperazine rings is 1. The quantitative estimate of drug-likeness (QED) is 0.911. The molecule has 3 heteroatoms. The van der Waals surface area contributed by atoms with Crippen LogP contribution in [0.15, 0.2) is 24.3 Å². The summed E-state index contributed by atoms with van der Waals surface area (Å²) in [6, 6.07) is 8.87. The van der Waals surface area contributed by atoms with E-state index in [0.29, 0.717) is 0 Å². The Labute approximate surface area is 124 Å². The van der Waals surface area contributed by atoms with E-state index in [1.807, 2.05) is 0 Å². The molecular weight excluding hydrogens is 246 g/mol. The number of benzene rings is 1. The van der Waals surface area contributed by atoms with Crippen molar-refractivity contribution in [3.05, 3.63) is 29.8 Å². The Kier molecular flexibility index (Phi) is 5.06. The van der Waals surface area contributed by atoms with E-state index in [1.165, 1.54) is 37.4 Å². The third kappa shape index (κ3) is 4.50. The Morgan fingerprint density at radius 1 is 1.00 bits per heavy atom. The van der Waals surface area contributed by atoms with E-state index in [1.54, 1.807) is 0 Å². The van der Waals surface area contributed by atoms with Crippen molar-refractivity contribution in [2.24, 2.45) is 0 Å². The lowest BCUT2D eigenvalue weighted by Crippen LogP contribution is -2.45. The van der Waals surface area contributed by atoms with E-state index in [4.69, 9.17) is 0 Å². The molecule has 0 spiro atoms. The number of hydrogen-bond donors (Lipinski definition) is 1. The van der Waals surface area contributed by atoms with Crippen molar-refractivity contribution in [2.75, 3.05) is 51.6 Å². The van der Waals surface area contributed by atoms with Gasteiger partial charge in [-0.1, -0.05) is 32.9 Å². The normalized spacial score (nSPS) is 18.2. The second kappa shape index (κ2) is 6.59. The van der Waals surface area contributed by atoms with E-state index in [9.17, 15) is 0 Å². The van der Waals surface area contributed by atoms with Crippen molar-refractivity contribution < 1.29 is 0 Å². The summed E-state index contributed by atoms with van der Waals surface area (Å²) in [5.41, 5.74) is 2.85. The Bertz CT molecular complexity index is 397. The van der Waals surface area contributed by atoms with Crippen molar-refractivity contribution in [1.82, 2.24) is 9.80 Å². The molecule has 1 saturated heterocycles. The molecule has 0 radical (unpaired) electrons. The Balaban J connectivity index is 1.74. The molecule has 1 fully saturated rings. The van der Waals surface area contributed by atoms with Gasteiger partial charge in [-0.05, 0) is 30.2 Å². The Morgan fingerprint density at radius 2 is 1.60 bits per heavy atom. The minimum absolute atomic E-state index is 0.234. The highest BCUT2D eigenvalue weighted by Gasteiger charge is 2.14. The highest BCUT2D eigenvalue weighted by Crippen LogP contribution is 2.23. The molecule has 0 aromatic heterocycles. The van der Waals surface area contributed by atoms with Crippen LogP contribution < -0.4 is 5.32 Å². The van der Waals surface area contributed by atoms with E-state index in [2.05, 4.69) is 67.2 Å². The van der Waals surface area contributed by atoms with E-state index in [-0.39, 0.29) is 5.41 Å². The second-order valence-electron chi connectivity index (χ2n) is 6.90. The zero-order valence-corrected chi connectivity index (χ0v) is 13.4. The molecular formula is C17H29N3. The first-order chi connectivity index (χ1) is 9.45. The van der Waals surface area contributed by atoms with Gasteiger partial charge in [-0.15, -0.1) is 0 Å². The van der Waals surface area contributed by atoms with Crippen molar-refractivity contribution in [3.8, 4) is 0 Å². The van der Waals surface area contributed by atoms with Crippen LogP contribution in [0.4, 0.5) is 5.69 Å². The molecule has 1 N–H and O–H groups in total. The second-order valence-corrected chi connectivity index (χ2v) is 6.90. The van der Waals surface area contributed by atoms with Gasteiger partial charge in [0.2, 0.25) is 0 Å². The molecule has 1 heterocycles. The maximum atomic E-state index is 3.53. The zero-order chi connectivity index (χ0) is 14.6. The van der Waals surface area contributed by atoms with Gasteiger partial charge in [-0.2, -0.15) is 0 Å². The van der Waals surface area contributed by atoms with Gasteiger partial charge in [0.05, 0.1) is 0 Å². The highest BCUT2D eigenvalue weighted by molar-refractivity contribution is 5.45. The van der Waals surface area contributed by atoms with Crippen LogP contribution in [0.3, 0.4) is 0 Å². The summed E-state index contributed by atoms with van der Waals surface area (Å²) in [6.07, 6.45) is 0. The standard InChI is InChI=1S/C17H29N3/c1-17(2,3)15-5-7-16(8-6-15)18-9-10-20-13-11-19(4)12-14-20/h5-8,18H,9-14H2,1-4H3. The number of nitrogens with one attached hydrogen (secondary N) is 1. The predicted molar refractivity (Wildman–Crippen MR) is 87.6 cm³/mol. The van der Waals surface area contributed by atoms with Crippen LogP contribution in [-0.4, -0.2) is 56.1 Å². The number of rotatable bonds is 4. The summed E-state index contributed by atoms with van der Waals surface area (Å²) in [5.74, 6) is 0. The van der Waals surface area contributed by atoms with Crippen LogP contribution in [0, 0.1) is 0 Å². The minimum Gasteiger partial charge on any atom is -0.384 e. The van der Waals surface area contributed by atoms with Gasteiger partial charge < -0.3 is 10.2 Å². The van der Waals surface area contributed by atoms with Crippen LogP contribution in [0.5, 0.6) is 0 Å². The van der Waals surface area contributed by atoms with Gasteiger partial charge in [0.25, 0.3) is 0 Å². The number of hydrogen-bond acceptors (Lipinski definition) is 3. The summed E-state index contributed by atoms with van der Waals surface area (Å²) in [5, 5.41) is 3.53. The third-order valence-electron chi connectivity index (χ3n) is 4.10. The van der Waals surface area contributed by atoms with Gasteiger partial charge in [-0.3, -0.25) is 4.90 Å². The van der Waals surface area contributed by atoms with Crippen molar-refractivity contribution in [2.45, 2.75) is 26.2 Å². The fourth-order valence-corrected chi connectivity index (χ4v) is 2.52. The van der Waals surface area contributed by atoms with Crippen LogP contribution in [0.25, 0.3) is 0 Å². The summed E-state index contributed by atoms with van der Waals surface area (Å²) in [6.45, 7) is 13.7. The first-order valence-electron chi connectivity index (χ1n) is 7.70. The van der Waals surface area contributed by atoms with Gasteiger partial charge in [-0.25, -0.2) is 0 Å². The fraction of sp³-hybridized carbons (Fsp3) is 0.647. The van der Waals surface area contributed by atoms with Gasteiger partial charge in [0, 0.05) is 45.0 Å². The molecule has 0 unspecified atom stereocenters. The Hall–Kier alpha value is -1.06. The summed E-state index contributed by atoms with van der Waals surface area (Å²) < 4.78 is 0. The van der Waals surface area contributed by atoms with Crippen LogP contribution >= 0.6 is 0 Å². The van der Waals surface area contributed by atoms with Crippen molar-refractivity contribution >= 4 is 5.69 Å². The summed E-state index contributed by atoms with van der Waals surface area (Å²) >= 11 is 0. The smallest absolute Gasteiger partial charge is 0.0340 e. The number of anilines is 1. The first kappa shape index (κ1) is 15.3. The van der Waals surface area contributed by atoms with Gasteiger partial charge in [0.1, 0.15) is 0 Å². The summed E-state index contributed by atoms with van der Waals surface area (Å²) in [4.78, 5) is 4.94. The molecule has 0 atom stereocenters. The van der Waals surface area contributed by atoms with Crippen molar-refractivity contribution in [3.63, 3.8) is 0 Å². The average molecular weight is 275 g/mol. The molecule has 0 aliphatic carbocycles. The molecule has 1 aliphatic heterocycles. The molecule has 1 aromatic carbocycles. The monoisotopic (exact) mass is 275 g/mol. The third-order valence-corrected chi connectivity index (χ3v) is 4.10. The summed E-state index contributed by atoms with van der Waals surface area (Å²) in [7, 11) is 2.20. The molecule has 112 valence electrons. The molecule has 1 aliphatic rings. The van der Waals surface area contributed by atoms with E-state index < -0.39 is 0 Å². The number of likely N-dealkylation sites (N-methyl/N-ethyl adjacent to an activating group) is 1. The van der Waals surface area contributed by atoms with Gasteiger partial charge >= 0.3 is 0 Å². The fourth-order valence-electron chi connectivity index (χ4n) is 2.52. The lowest BCUT2D eigenvalue weighted by molar-refractivity contribution is 0.158.